The van der Waals surface area contributed by atoms with Gasteiger partial charge in [0.15, 0.2) is 0 Å². The lowest BCUT2D eigenvalue weighted by atomic mass is 9.78. The van der Waals surface area contributed by atoms with Crippen LogP contribution < -0.4 is 0 Å². The maximum atomic E-state index is 12.4. The van der Waals surface area contributed by atoms with E-state index >= 15 is 0 Å². The quantitative estimate of drug-likeness (QED) is 0.604. The van der Waals surface area contributed by atoms with Gasteiger partial charge in [-0.15, -0.1) is 0 Å². The Morgan fingerprint density at radius 1 is 1.28 bits per heavy atom. The summed E-state index contributed by atoms with van der Waals surface area (Å²) < 4.78 is 0. The lowest BCUT2D eigenvalue weighted by Gasteiger charge is -2.42. The van der Waals surface area contributed by atoms with E-state index in [1.807, 2.05) is 0 Å². The Morgan fingerprint density at radius 2 is 1.96 bits per heavy atom. The Bertz CT molecular complexity index is 542. The predicted octanol–water partition coefficient (Wildman–Crippen LogP) is -0.821. The number of nitrogens with zero attached hydrogens (tertiary/aromatic N) is 3. The largest absolute Gasteiger partial charge is 0.465 e. The molecule has 2 fully saturated rings. The summed E-state index contributed by atoms with van der Waals surface area (Å²) in [6.07, 6.45) is -1.25. The molecular formula is C16H27N3O6. The van der Waals surface area contributed by atoms with E-state index in [4.69, 9.17) is 5.11 Å². The average molecular weight is 357 g/mol. The highest BCUT2D eigenvalue weighted by molar-refractivity contribution is 5.86. The second-order valence-electron chi connectivity index (χ2n) is 7.14. The summed E-state index contributed by atoms with van der Waals surface area (Å²) in [4.78, 5) is 39.8. The molecule has 142 valence electrons. The summed E-state index contributed by atoms with van der Waals surface area (Å²) >= 11 is 0. The number of aliphatic hydroxyl groups is 2. The van der Waals surface area contributed by atoms with Gasteiger partial charge in [-0.05, 0) is 13.3 Å². The molecule has 2 saturated heterocycles. The van der Waals surface area contributed by atoms with Gasteiger partial charge in [-0.3, -0.25) is 14.5 Å². The number of hydrogen-bond acceptors (Lipinski definition) is 5. The smallest absolute Gasteiger partial charge is 0.408 e. The van der Waals surface area contributed by atoms with Crippen molar-refractivity contribution in [3.8, 4) is 0 Å². The minimum Gasteiger partial charge on any atom is -0.465 e. The number of piperazine rings is 1. The Labute approximate surface area is 146 Å². The third kappa shape index (κ3) is 4.04. The Hall–Kier alpha value is -1.87. The van der Waals surface area contributed by atoms with Crippen LogP contribution in [0.1, 0.15) is 26.7 Å². The molecule has 25 heavy (non-hydrogen) atoms. The van der Waals surface area contributed by atoms with Crippen molar-refractivity contribution in [1.82, 2.24) is 14.7 Å². The summed E-state index contributed by atoms with van der Waals surface area (Å²) in [6, 6.07) is -0.747. The summed E-state index contributed by atoms with van der Waals surface area (Å²) in [6.45, 7) is 4.58. The van der Waals surface area contributed by atoms with E-state index in [0.29, 0.717) is 13.0 Å². The summed E-state index contributed by atoms with van der Waals surface area (Å²) in [5.41, 5.74) is -0.588. The molecule has 9 nitrogen and oxygen atoms in total. The minimum atomic E-state index is -1.12. The van der Waals surface area contributed by atoms with Crippen molar-refractivity contribution < 1.29 is 29.7 Å². The zero-order valence-electron chi connectivity index (χ0n) is 14.7. The molecule has 3 atom stereocenters. The first-order valence-electron chi connectivity index (χ1n) is 8.54. The molecule has 0 radical (unpaired) electrons. The van der Waals surface area contributed by atoms with E-state index in [9.17, 15) is 24.6 Å². The van der Waals surface area contributed by atoms with Crippen LogP contribution in [0.4, 0.5) is 4.79 Å². The molecule has 0 aromatic heterocycles. The second-order valence-corrected chi connectivity index (χ2v) is 7.14. The van der Waals surface area contributed by atoms with E-state index in [2.05, 4.69) is 0 Å². The summed E-state index contributed by atoms with van der Waals surface area (Å²) in [7, 11) is 0. The van der Waals surface area contributed by atoms with Gasteiger partial charge in [0, 0.05) is 44.6 Å². The number of rotatable bonds is 4. The maximum Gasteiger partial charge on any atom is 0.408 e. The summed E-state index contributed by atoms with van der Waals surface area (Å²) in [5, 5.41) is 28.6. The van der Waals surface area contributed by atoms with Crippen LogP contribution in [-0.2, 0) is 9.59 Å². The van der Waals surface area contributed by atoms with Crippen LogP contribution in [0.25, 0.3) is 0 Å². The third-order valence-corrected chi connectivity index (χ3v) is 5.45. The molecule has 3 N–H and O–H groups in total. The number of likely N-dealkylation sites (tertiary alicyclic amines) is 1. The number of β-amino-alcohol motifs (C(OH)–C–C–N with tert-alkyl or cyclic N) is 1. The molecule has 2 heterocycles. The van der Waals surface area contributed by atoms with Crippen LogP contribution in [0.5, 0.6) is 0 Å². The first kappa shape index (κ1) is 19.5. The van der Waals surface area contributed by atoms with Crippen molar-refractivity contribution in [3.05, 3.63) is 0 Å². The Morgan fingerprint density at radius 3 is 2.52 bits per heavy atom. The number of aliphatic hydroxyl groups excluding tert-OH is 2. The van der Waals surface area contributed by atoms with Crippen LogP contribution in [0, 0.1) is 5.41 Å². The molecule has 9 heteroatoms. The van der Waals surface area contributed by atoms with Gasteiger partial charge in [-0.25, -0.2) is 4.79 Å². The van der Waals surface area contributed by atoms with E-state index in [0.717, 1.165) is 4.90 Å². The number of carboxylic acid groups (broad SMARTS) is 1. The van der Waals surface area contributed by atoms with Crippen LogP contribution >= 0.6 is 0 Å². The average Bonchev–Trinajstić information content (AvgIpc) is 2.58. The van der Waals surface area contributed by atoms with Crippen LogP contribution in [-0.4, -0.2) is 99.4 Å². The molecule has 0 spiro atoms. The fourth-order valence-electron chi connectivity index (χ4n) is 3.29. The molecule has 2 aliphatic rings. The highest BCUT2D eigenvalue weighted by Gasteiger charge is 2.39. The van der Waals surface area contributed by atoms with Crippen molar-refractivity contribution in [2.45, 2.75) is 38.8 Å². The Kier molecular flexibility index (Phi) is 5.89. The van der Waals surface area contributed by atoms with E-state index in [1.165, 1.54) is 4.90 Å². The lowest BCUT2D eigenvalue weighted by molar-refractivity contribution is -0.144. The zero-order chi connectivity index (χ0) is 18.8. The summed E-state index contributed by atoms with van der Waals surface area (Å²) in [5.74, 6) is -0.451. The highest BCUT2D eigenvalue weighted by atomic mass is 16.4. The fourth-order valence-corrected chi connectivity index (χ4v) is 3.29. The molecule has 0 aromatic carbocycles. The number of piperidine rings is 1. The maximum absolute atomic E-state index is 12.4. The number of hydrogen-bond donors (Lipinski definition) is 3. The van der Waals surface area contributed by atoms with E-state index < -0.39 is 23.7 Å². The van der Waals surface area contributed by atoms with Gasteiger partial charge in [-0.1, -0.05) is 6.92 Å². The van der Waals surface area contributed by atoms with Gasteiger partial charge in [0.1, 0.15) is 6.04 Å². The van der Waals surface area contributed by atoms with Gasteiger partial charge < -0.3 is 25.1 Å². The standard InChI is InChI=1S/C16H27N3O6/c1-11-14(23)17(7-8-19(11)15(24)25)5-3-13(22)18-6-4-16(2,10-20)12(21)9-18/h11-12,20-21H,3-10H2,1-2H3,(H,24,25)/t11-,12+,16-/m0/s1. The predicted molar refractivity (Wildman–Crippen MR) is 87.8 cm³/mol. The fraction of sp³-hybridized carbons (Fsp3) is 0.812. The normalized spacial score (nSPS) is 30.6. The molecule has 0 saturated carbocycles. The number of carbonyl (C=O) groups excluding carboxylic acids is 2. The monoisotopic (exact) mass is 357 g/mol. The zero-order valence-corrected chi connectivity index (χ0v) is 14.7. The highest BCUT2D eigenvalue weighted by Crippen LogP contribution is 2.30. The van der Waals surface area contributed by atoms with Crippen LogP contribution in [0.3, 0.4) is 0 Å². The van der Waals surface area contributed by atoms with Gasteiger partial charge in [-0.2, -0.15) is 0 Å². The minimum absolute atomic E-state index is 0.129. The second kappa shape index (κ2) is 7.57. The molecule has 2 aliphatic heterocycles. The SMILES string of the molecule is C[C@H]1C(=O)N(CCC(=O)N2CC[C@@](C)(CO)[C@H](O)C2)CCN1C(=O)O. The topological polar surface area (TPSA) is 122 Å². The van der Waals surface area contributed by atoms with Gasteiger partial charge >= 0.3 is 6.09 Å². The Balaban J connectivity index is 1.85. The van der Waals surface area contributed by atoms with Crippen LogP contribution in [0.2, 0.25) is 0 Å². The molecule has 3 amide bonds. The van der Waals surface area contributed by atoms with Crippen molar-refractivity contribution in [2.75, 3.05) is 39.3 Å². The number of carbonyl (C=O) groups is 3. The third-order valence-electron chi connectivity index (χ3n) is 5.45. The van der Waals surface area contributed by atoms with E-state index in [-0.39, 0.29) is 51.0 Å². The molecule has 0 bridgehead atoms. The van der Waals surface area contributed by atoms with Gasteiger partial charge in [0.2, 0.25) is 11.8 Å². The number of amides is 3. The van der Waals surface area contributed by atoms with E-state index in [1.54, 1.807) is 18.7 Å². The van der Waals surface area contributed by atoms with Crippen molar-refractivity contribution >= 4 is 17.9 Å². The first-order chi connectivity index (χ1) is 11.7. The van der Waals surface area contributed by atoms with Crippen molar-refractivity contribution in [3.63, 3.8) is 0 Å². The van der Waals surface area contributed by atoms with Crippen LogP contribution in [0.15, 0.2) is 0 Å². The van der Waals surface area contributed by atoms with Gasteiger partial charge in [0.25, 0.3) is 0 Å². The lowest BCUT2D eigenvalue weighted by Crippen LogP contribution is -2.58. The van der Waals surface area contributed by atoms with Gasteiger partial charge in [0.05, 0.1) is 12.7 Å². The molecular weight excluding hydrogens is 330 g/mol. The molecule has 0 aliphatic carbocycles. The van der Waals surface area contributed by atoms with Crippen molar-refractivity contribution in [1.29, 1.82) is 0 Å². The van der Waals surface area contributed by atoms with Crippen molar-refractivity contribution in [2.24, 2.45) is 5.41 Å². The molecule has 0 unspecified atom stereocenters. The molecule has 2 rings (SSSR count). The first-order valence-corrected chi connectivity index (χ1v) is 8.54. The molecule has 0 aromatic rings.